The van der Waals surface area contributed by atoms with E-state index in [0.29, 0.717) is 28.8 Å². The van der Waals surface area contributed by atoms with Gasteiger partial charge in [-0.05, 0) is 49.0 Å². The van der Waals surface area contributed by atoms with Crippen LogP contribution in [-0.4, -0.2) is 32.8 Å². The highest BCUT2D eigenvalue weighted by Gasteiger charge is 2.10. The van der Waals surface area contributed by atoms with Gasteiger partial charge in [-0.3, -0.25) is 4.79 Å². The van der Waals surface area contributed by atoms with Gasteiger partial charge in [0, 0.05) is 35.2 Å². The van der Waals surface area contributed by atoms with Gasteiger partial charge in [0.15, 0.2) is 0 Å². The molecule has 0 bridgehead atoms. The molecule has 2 rings (SSSR count). The predicted molar refractivity (Wildman–Crippen MR) is 104 cm³/mol. The van der Waals surface area contributed by atoms with Crippen LogP contribution in [0.4, 0.5) is 5.69 Å². The fourth-order valence-electron chi connectivity index (χ4n) is 2.36. The molecular formula is C17H19Cl2N3O3S. The van der Waals surface area contributed by atoms with E-state index in [9.17, 15) is 13.2 Å². The first-order chi connectivity index (χ1) is 12.1. The van der Waals surface area contributed by atoms with Crippen molar-refractivity contribution in [2.24, 2.45) is 5.14 Å². The molecule has 3 N–H and O–H groups in total. The molecule has 140 valence electrons. The zero-order chi connectivity index (χ0) is 19.3. The number of sulfonamides is 1. The van der Waals surface area contributed by atoms with Crippen molar-refractivity contribution in [3.8, 4) is 0 Å². The topological polar surface area (TPSA) is 92.5 Å². The summed E-state index contributed by atoms with van der Waals surface area (Å²) in [6.45, 7) is 1.10. The third-order valence-electron chi connectivity index (χ3n) is 3.54. The lowest BCUT2D eigenvalue weighted by Crippen LogP contribution is -2.24. The minimum absolute atomic E-state index is 0.0507. The molecule has 2 aromatic rings. The molecule has 0 saturated heterocycles. The number of carbonyl (C=O) groups excluding carboxylic acids is 1. The lowest BCUT2D eigenvalue weighted by Gasteiger charge is -2.17. The van der Waals surface area contributed by atoms with Crippen LogP contribution < -0.4 is 10.5 Å². The third-order valence-corrected chi connectivity index (χ3v) is 4.89. The summed E-state index contributed by atoms with van der Waals surface area (Å²) in [5, 5.41) is 8.87. The Morgan fingerprint density at radius 1 is 1.15 bits per heavy atom. The van der Waals surface area contributed by atoms with Crippen molar-refractivity contribution >= 4 is 44.8 Å². The summed E-state index contributed by atoms with van der Waals surface area (Å²) < 4.78 is 22.7. The van der Waals surface area contributed by atoms with E-state index in [0.717, 1.165) is 5.56 Å². The Bertz CT molecular complexity index is 884. The maximum atomic E-state index is 12.1. The second kappa shape index (κ2) is 8.83. The van der Waals surface area contributed by atoms with Crippen LogP contribution in [-0.2, 0) is 21.4 Å². The number of nitrogens with two attached hydrogens (primary N) is 1. The first kappa shape index (κ1) is 20.7. The number of halogens is 2. The summed E-state index contributed by atoms with van der Waals surface area (Å²) in [4.78, 5) is 14.0. The number of anilines is 1. The summed E-state index contributed by atoms with van der Waals surface area (Å²) in [5.74, 6) is -0.229. The van der Waals surface area contributed by atoms with E-state index in [1.54, 1.807) is 12.1 Å². The molecule has 0 spiro atoms. The normalized spacial score (nSPS) is 11.6. The highest BCUT2D eigenvalue weighted by Crippen LogP contribution is 2.20. The summed E-state index contributed by atoms with van der Waals surface area (Å²) in [5.41, 5.74) is 1.33. The van der Waals surface area contributed by atoms with Gasteiger partial charge in [-0.1, -0.05) is 29.3 Å². The molecule has 0 radical (unpaired) electrons. The number of primary sulfonamides is 1. The molecule has 0 aliphatic heterocycles. The molecule has 0 unspecified atom stereocenters. The number of nitrogens with zero attached hydrogens (tertiary/aromatic N) is 1. The molecule has 0 fully saturated rings. The Morgan fingerprint density at radius 2 is 1.81 bits per heavy atom. The Morgan fingerprint density at radius 3 is 2.42 bits per heavy atom. The van der Waals surface area contributed by atoms with Gasteiger partial charge >= 0.3 is 0 Å². The molecule has 0 aliphatic carbocycles. The van der Waals surface area contributed by atoms with Gasteiger partial charge < -0.3 is 10.2 Å². The van der Waals surface area contributed by atoms with Crippen molar-refractivity contribution < 1.29 is 13.2 Å². The average molecular weight is 416 g/mol. The minimum atomic E-state index is -3.81. The van der Waals surface area contributed by atoms with Crippen molar-refractivity contribution in [1.82, 2.24) is 4.90 Å². The van der Waals surface area contributed by atoms with Crippen LogP contribution in [0.5, 0.6) is 0 Å². The van der Waals surface area contributed by atoms with Gasteiger partial charge in [-0.2, -0.15) is 0 Å². The Kier molecular flexibility index (Phi) is 7.02. The van der Waals surface area contributed by atoms with Gasteiger partial charge in [0.05, 0.1) is 4.90 Å². The molecule has 0 aliphatic rings. The molecule has 0 aromatic heterocycles. The fraction of sp³-hybridized carbons (Fsp3) is 0.235. The lowest BCUT2D eigenvalue weighted by atomic mass is 10.2. The molecule has 9 heteroatoms. The monoisotopic (exact) mass is 415 g/mol. The second-order valence-corrected chi connectivity index (χ2v) is 8.32. The summed E-state index contributed by atoms with van der Waals surface area (Å²) >= 11 is 12.0. The van der Waals surface area contributed by atoms with Crippen LogP contribution >= 0.6 is 23.2 Å². The third kappa shape index (κ3) is 6.59. The van der Waals surface area contributed by atoms with Crippen LogP contribution in [0.2, 0.25) is 10.0 Å². The standard InChI is InChI=1S/C17H19Cl2N3O3S/c1-22(11-12-7-13(18)9-14(19)8-12)6-5-17(23)21-15-3-2-4-16(10-15)26(20,24)25/h2-4,7-10H,5-6,11H2,1H3,(H,21,23)(H2,20,24,25). The number of carbonyl (C=O) groups is 1. The second-order valence-electron chi connectivity index (χ2n) is 5.89. The van der Waals surface area contributed by atoms with Crippen molar-refractivity contribution in [2.75, 3.05) is 18.9 Å². The van der Waals surface area contributed by atoms with E-state index >= 15 is 0 Å². The number of nitrogens with one attached hydrogen (secondary N) is 1. The molecule has 1 amide bonds. The number of amides is 1. The van der Waals surface area contributed by atoms with E-state index in [2.05, 4.69) is 5.32 Å². The molecule has 6 nitrogen and oxygen atoms in total. The number of rotatable bonds is 7. The first-order valence-electron chi connectivity index (χ1n) is 7.70. The molecule has 26 heavy (non-hydrogen) atoms. The summed E-state index contributed by atoms with van der Waals surface area (Å²) in [6.07, 6.45) is 0.240. The lowest BCUT2D eigenvalue weighted by molar-refractivity contribution is -0.116. The minimum Gasteiger partial charge on any atom is -0.326 e. The Labute approximate surface area is 162 Å². The van der Waals surface area contributed by atoms with Gasteiger partial charge in [-0.15, -0.1) is 0 Å². The highest BCUT2D eigenvalue weighted by molar-refractivity contribution is 7.89. The SMILES string of the molecule is CN(CCC(=O)Nc1cccc(S(N)(=O)=O)c1)Cc1cc(Cl)cc(Cl)c1. The maximum Gasteiger partial charge on any atom is 0.238 e. The zero-order valence-electron chi connectivity index (χ0n) is 14.1. The fourth-order valence-corrected chi connectivity index (χ4v) is 3.49. The van der Waals surface area contributed by atoms with Crippen LogP contribution in [0.15, 0.2) is 47.4 Å². The molecular weight excluding hydrogens is 397 g/mol. The van der Waals surface area contributed by atoms with E-state index in [1.165, 1.54) is 18.2 Å². The highest BCUT2D eigenvalue weighted by atomic mass is 35.5. The maximum absolute atomic E-state index is 12.1. The van der Waals surface area contributed by atoms with Crippen LogP contribution in [0.25, 0.3) is 0 Å². The summed E-state index contributed by atoms with van der Waals surface area (Å²) in [6, 6.07) is 11.1. The average Bonchev–Trinajstić information content (AvgIpc) is 2.51. The summed E-state index contributed by atoms with van der Waals surface area (Å²) in [7, 11) is -1.93. The molecule has 2 aromatic carbocycles. The molecule has 0 heterocycles. The van der Waals surface area contributed by atoms with Crippen molar-refractivity contribution in [3.63, 3.8) is 0 Å². The predicted octanol–water partition coefficient (Wildman–Crippen LogP) is 3.10. The number of hydrogen-bond acceptors (Lipinski definition) is 4. The van der Waals surface area contributed by atoms with Crippen LogP contribution in [0, 0.1) is 0 Å². The van der Waals surface area contributed by atoms with Crippen molar-refractivity contribution in [3.05, 3.63) is 58.1 Å². The Hall–Kier alpha value is -1.64. The van der Waals surface area contributed by atoms with Crippen LogP contribution in [0.1, 0.15) is 12.0 Å². The van der Waals surface area contributed by atoms with E-state index in [-0.39, 0.29) is 17.2 Å². The number of benzene rings is 2. The number of hydrogen-bond donors (Lipinski definition) is 2. The van der Waals surface area contributed by atoms with Gasteiger partial charge in [0.25, 0.3) is 0 Å². The van der Waals surface area contributed by atoms with Crippen molar-refractivity contribution in [2.45, 2.75) is 17.9 Å². The first-order valence-corrected chi connectivity index (χ1v) is 10.00. The van der Waals surface area contributed by atoms with Gasteiger partial charge in [0.1, 0.15) is 0 Å². The van der Waals surface area contributed by atoms with E-state index in [1.807, 2.05) is 24.1 Å². The van der Waals surface area contributed by atoms with E-state index in [4.69, 9.17) is 28.3 Å². The Balaban J connectivity index is 1.88. The quantitative estimate of drug-likeness (QED) is 0.726. The molecule has 0 saturated carbocycles. The van der Waals surface area contributed by atoms with Crippen molar-refractivity contribution in [1.29, 1.82) is 0 Å². The largest absolute Gasteiger partial charge is 0.326 e. The molecule has 0 atom stereocenters. The van der Waals surface area contributed by atoms with Gasteiger partial charge in [-0.25, -0.2) is 13.6 Å². The van der Waals surface area contributed by atoms with Gasteiger partial charge in [0.2, 0.25) is 15.9 Å². The van der Waals surface area contributed by atoms with Crippen LogP contribution in [0.3, 0.4) is 0 Å². The smallest absolute Gasteiger partial charge is 0.238 e. The van der Waals surface area contributed by atoms with E-state index < -0.39 is 10.0 Å². The zero-order valence-corrected chi connectivity index (χ0v) is 16.4.